The van der Waals surface area contributed by atoms with Crippen molar-refractivity contribution in [2.24, 2.45) is 11.8 Å². The SMILES string of the molecule is CNC(=O)[C@H]1CCCC[C@H]1C(=O)N1CCc2cccc(OCCNC(=O)c3nc4ccccc4o3)c2[C@H]1CN1C(=O)c2ccccc2C1=O. The molecule has 4 aromatic rings. The van der Waals surface area contributed by atoms with Crippen LogP contribution in [0.4, 0.5) is 0 Å². The molecule has 1 fully saturated rings. The van der Waals surface area contributed by atoms with Gasteiger partial charge in [0.1, 0.15) is 17.9 Å². The normalized spacial score (nSPS) is 20.1. The maximum atomic E-state index is 14.5. The van der Waals surface area contributed by atoms with E-state index in [4.69, 9.17) is 9.15 Å². The number of carbonyl (C=O) groups is 5. The van der Waals surface area contributed by atoms with E-state index < -0.39 is 35.6 Å². The lowest BCUT2D eigenvalue weighted by Gasteiger charge is -2.42. The molecule has 2 aliphatic heterocycles. The van der Waals surface area contributed by atoms with Gasteiger partial charge < -0.3 is 24.7 Å². The van der Waals surface area contributed by atoms with Gasteiger partial charge in [-0.2, -0.15) is 0 Å². The second kappa shape index (κ2) is 13.5. The van der Waals surface area contributed by atoms with E-state index >= 15 is 0 Å². The summed E-state index contributed by atoms with van der Waals surface area (Å²) in [5.74, 6) is -2.17. The highest BCUT2D eigenvalue weighted by atomic mass is 16.5. The van der Waals surface area contributed by atoms with E-state index in [0.717, 1.165) is 18.4 Å². The number of amides is 5. The van der Waals surface area contributed by atoms with Crippen molar-refractivity contribution in [3.05, 3.63) is 94.9 Å². The number of nitrogens with one attached hydrogen (secondary N) is 2. The van der Waals surface area contributed by atoms with Crippen molar-refractivity contribution < 1.29 is 33.1 Å². The minimum absolute atomic E-state index is 0.0498. The number of hydrogen-bond acceptors (Lipinski definition) is 8. The molecule has 2 N–H and O–H groups in total. The number of benzene rings is 3. The summed E-state index contributed by atoms with van der Waals surface area (Å²) in [5.41, 5.74) is 3.39. The van der Waals surface area contributed by atoms with E-state index in [-0.39, 0.29) is 37.4 Å². The Morgan fingerprint density at radius 1 is 0.918 bits per heavy atom. The van der Waals surface area contributed by atoms with Crippen molar-refractivity contribution in [3.63, 3.8) is 0 Å². The molecule has 12 nitrogen and oxygen atoms in total. The average molecular weight is 664 g/mol. The first-order valence-electron chi connectivity index (χ1n) is 16.7. The second-order valence-corrected chi connectivity index (χ2v) is 12.6. The Balaban J connectivity index is 1.15. The van der Waals surface area contributed by atoms with Crippen LogP contribution in [0.5, 0.6) is 5.75 Å². The van der Waals surface area contributed by atoms with Crippen LogP contribution in [-0.2, 0) is 16.0 Å². The molecule has 3 aliphatic rings. The fraction of sp³-hybridized carbons (Fsp3) is 0.351. The van der Waals surface area contributed by atoms with Crippen molar-refractivity contribution in [3.8, 4) is 5.75 Å². The fourth-order valence-corrected chi connectivity index (χ4v) is 7.40. The smallest absolute Gasteiger partial charge is 0.307 e. The number of hydrogen-bond donors (Lipinski definition) is 2. The van der Waals surface area contributed by atoms with Crippen molar-refractivity contribution >= 4 is 40.6 Å². The standard InChI is InChI=1S/C37H37N5O7/c1-38-32(43)23-10-2-3-11-24(23)35(45)41-19-17-22-9-8-16-30(48-20-18-39-33(44)34-40-27-14-6-7-15-29(27)49-34)31(22)28(41)21-42-36(46)25-12-4-5-13-26(25)37(42)47/h4-9,12-16,23-24,28H,2-3,10-11,17-21H2,1H3,(H,38,43)(H,39,44)/t23-,24+,28+/m0/s1. The monoisotopic (exact) mass is 663 g/mol. The summed E-state index contributed by atoms with van der Waals surface area (Å²) in [6.07, 6.45) is 3.43. The van der Waals surface area contributed by atoms with Gasteiger partial charge in [-0.3, -0.25) is 28.9 Å². The maximum absolute atomic E-state index is 14.5. The molecule has 5 amide bonds. The van der Waals surface area contributed by atoms with E-state index in [9.17, 15) is 24.0 Å². The van der Waals surface area contributed by atoms with Crippen LogP contribution in [-0.4, -0.2) is 77.6 Å². The lowest BCUT2D eigenvalue weighted by Crippen LogP contribution is -2.51. The van der Waals surface area contributed by atoms with Gasteiger partial charge in [-0.15, -0.1) is 0 Å². The van der Waals surface area contributed by atoms with E-state index in [2.05, 4.69) is 15.6 Å². The van der Waals surface area contributed by atoms with Gasteiger partial charge in [0.2, 0.25) is 11.8 Å². The first-order valence-corrected chi connectivity index (χ1v) is 16.7. The van der Waals surface area contributed by atoms with Gasteiger partial charge in [0.25, 0.3) is 17.7 Å². The lowest BCUT2D eigenvalue weighted by atomic mass is 9.77. The van der Waals surface area contributed by atoms with Crippen molar-refractivity contribution in [2.75, 3.05) is 33.3 Å². The molecule has 252 valence electrons. The number of oxazole rings is 1. The highest BCUT2D eigenvalue weighted by Gasteiger charge is 2.45. The average Bonchev–Trinajstić information content (AvgIpc) is 3.68. The van der Waals surface area contributed by atoms with Gasteiger partial charge in [-0.25, -0.2) is 4.98 Å². The van der Waals surface area contributed by atoms with Gasteiger partial charge in [0.15, 0.2) is 5.58 Å². The van der Waals surface area contributed by atoms with Crippen LogP contribution in [0.25, 0.3) is 11.1 Å². The molecule has 3 atom stereocenters. The molecule has 0 bridgehead atoms. The summed E-state index contributed by atoms with van der Waals surface area (Å²) in [6, 6.07) is 18.7. The van der Waals surface area contributed by atoms with E-state index in [1.54, 1.807) is 60.5 Å². The highest BCUT2D eigenvalue weighted by Crippen LogP contribution is 2.41. The van der Waals surface area contributed by atoms with Gasteiger partial charge in [0.05, 0.1) is 30.3 Å². The third kappa shape index (κ3) is 6.03. The molecule has 0 radical (unpaired) electrons. The fourth-order valence-electron chi connectivity index (χ4n) is 7.40. The second-order valence-electron chi connectivity index (χ2n) is 12.6. The molecule has 12 heteroatoms. The van der Waals surface area contributed by atoms with Crippen molar-refractivity contribution in [2.45, 2.75) is 38.1 Å². The number of fused-ring (bicyclic) bond motifs is 3. The Labute approximate surface area is 282 Å². The molecule has 0 spiro atoms. The largest absolute Gasteiger partial charge is 0.491 e. The molecule has 7 rings (SSSR count). The summed E-state index contributed by atoms with van der Waals surface area (Å²) >= 11 is 0. The van der Waals surface area contributed by atoms with Crippen molar-refractivity contribution in [1.29, 1.82) is 0 Å². The van der Waals surface area contributed by atoms with Gasteiger partial charge >= 0.3 is 5.91 Å². The summed E-state index contributed by atoms with van der Waals surface area (Å²) in [7, 11) is 1.58. The van der Waals surface area contributed by atoms with Crippen LogP contribution in [0, 0.1) is 11.8 Å². The van der Waals surface area contributed by atoms with Gasteiger partial charge in [0, 0.05) is 31.0 Å². The summed E-state index contributed by atoms with van der Waals surface area (Å²) in [4.78, 5) is 74.4. The highest BCUT2D eigenvalue weighted by molar-refractivity contribution is 6.21. The van der Waals surface area contributed by atoms with E-state index in [1.807, 2.05) is 18.2 Å². The number of nitrogens with zero attached hydrogens (tertiary/aromatic N) is 3. The molecular formula is C37H37N5O7. The molecule has 3 aromatic carbocycles. The number of imide groups is 1. The predicted octanol–water partition coefficient (Wildman–Crippen LogP) is 3.91. The number of rotatable bonds is 9. The summed E-state index contributed by atoms with van der Waals surface area (Å²) < 4.78 is 11.8. The van der Waals surface area contributed by atoms with Crippen LogP contribution in [0.1, 0.15) is 74.3 Å². The molecule has 49 heavy (non-hydrogen) atoms. The zero-order valence-corrected chi connectivity index (χ0v) is 27.1. The van der Waals surface area contributed by atoms with E-state index in [0.29, 0.717) is 59.3 Å². The predicted molar refractivity (Wildman–Crippen MR) is 178 cm³/mol. The topological polar surface area (TPSA) is 151 Å². The molecule has 1 aliphatic carbocycles. The Bertz CT molecular complexity index is 1890. The molecular weight excluding hydrogens is 626 g/mol. The minimum atomic E-state index is -0.712. The zero-order valence-electron chi connectivity index (χ0n) is 27.1. The van der Waals surface area contributed by atoms with Crippen molar-refractivity contribution in [1.82, 2.24) is 25.4 Å². The van der Waals surface area contributed by atoms with Crippen LogP contribution in [0.15, 0.2) is 71.1 Å². The van der Waals surface area contributed by atoms with Gasteiger partial charge in [-0.05, 0) is 55.2 Å². The Hall–Kier alpha value is -5.52. The third-order valence-electron chi connectivity index (χ3n) is 9.80. The number of para-hydroxylation sites is 2. The summed E-state index contributed by atoms with van der Waals surface area (Å²) in [6.45, 7) is 0.526. The lowest BCUT2D eigenvalue weighted by molar-refractivity contribution is -0.146. The quantitative estimate of drug-likeness (QED) is 0.202. The number of carbonyl (C=O) groups excluding carboxylic acids is 5. The molecule has 1 aromatic heterocycles. The van der Waals surface area contributed by atoms with Crippen LogP contribution >= 0.6 is 0 Å². The molecule has 0 unspecified atom stereocenters. The Morgan fingerprint density at radius 2 is 1.63 bits per heavy atom. The van der Waals surface area contributed by atoms with Gasteiger partial charge in [-0.1, -0.05) is 49.2 Å². The summed E-state index contributed by atoms with van der Waals surface area (Å²) in [5, 5.41) is 5.50. The zero-order chi connectivity index (χ0) is 34.1. The minimum Gasteiger partial charge on any atom is -0.491 e. The first-order chi connectivity index (χ1) is 23.9. The number of aromatic nitrogens is 1. The third-order valence-corrected chi connectivity index (χ3v) is 9.80. The molecule has 0 saturated heterocycles. The van der Waals surface area contributed by atoms with Crippen LogP contribution in [0.2, 0.25) is 0 Å². The Kier molecular flexibility index (Phi) is 8.85. The first kappa shape index (κ1) is 32.0. The molecule has 3 heterocycles. The maximum Gasteiger partial charge on any atom is 0.307 e. The van der Waals surface area contributed by atoms with Crippen LogP contribution < -0.4 is 15.4 Å². The number of ether oxygens (including phenoxy) is 1. The van der Waals surface area contributed by atoms with E-state index in [1.165, 1.54) is 4.90 Å². The van der Waals surface area contributed by atoms with Crippen LogP contribution in [0.3, 0.4) is 0 Å². The molecule has 1 saturated carbocycles. The Morgan fingerprint density at radius 3 is 2.37 bits per heavy atom.